The summed E-state index contributed by atoms with van der Waals surface area (Å²) in [6.45, 7) is 1.79. The summed E-state index contributed by atoms with van der Waals surface area (Å²) in [5, 5.41) is 0. The number of rotatable bonds is 3. The van der Waals surface area contributed by atoms with Gasteiger partial charge in [0.05, 0.1) is 11.8 Å². The second-order valence-corrected chi connectivity index (χ2v) is 3.86. The van der Waals surface area contributed by atoms with Crippen molar-refractivity contribution in [3.05, 3.63) is 24.2 Å². The molecule has 1 heterocycles. The third kappa shape index (κ3) is 1.40. The molecule has 0 spiro atoms. The number of furan rings is 1. The number of carbonyl (C=O) groups excluding carboxylic acids is 1. The van der Waals surface area contributed by atoms with Gasteiger partial charge < -0.3 is 10.2 Å². The maximum atomic E-state index is 11.8. The number of nitrogens with two attached hydrogens (primary N) is 1. The first kappa shape index (κ1) is 8.51. The van der Waals surface area contributed by atoms with Crippen LogP contribution in [0.4, 0.5) is 0 Å². The highest BCUT2D eigenvalue weighted by atomic mass is 16.3. The molecular formula is C10H13NO2. The summed E-state index contributed by atoms with van der Waals surface area (Å²) in [6.07, 6.45) is 3.61. The molecule has 0 amide bonds. The van der Waals surface area contributed by atoms with Gasteiger partial charge in [0, 0.05) is 0 Å². The lowest BCUT2D eigenvalue weighted by molar-refractivity contribution is 0.0854. The second kappa shape index (κ2) is 2.70. The molecule has 0 bridgehead atoms. The summed E-state index contributed by atoms with van der Waals surface area (Å²) in [6, 6.07) is 3.37. The second-order valence-electron chi connectivity index (χ2n) is 3.86. The first-order valence-electron chi connectivity index (χ1n) is 4.49. The zero-order valence-corrected chi connectivity index (χ0v) is 7.62. The molecule has 3 heteroatoms. The fourth-order valence-electron chi connectivity index (χ4n) is 1.54. The lowest BCUT2D eigenvalue weighted by Crippen LogP contribution is -2.46. The normalized spacial score (nSPS) is 21.1. The van der Waals surface area contributed by atoms with Crippen LogP contribution >= 0.6 is 0 Å². The number of hydrogen-bond acceptors (Lipinski definition) is 3. The fourth-order valence-corrected chi connectivity index (χ4v) is 1.54. The molecule has 0 radical (unpaired) electrons. The summed E-state index contributed by atoms with van der Waals surface area (Å²) in [5.41, 5.74) is 5.21. The van der Waals surface area contributed by atoms with Gasteiger partial charge in [-0.15, -0.1) is 0 Å². The molecule has 1 saturated carbocycles. The van der Waals surface area contributed by atoms with Crippen LogP contribution in [0.2, 0.25) is 0 Å². The van der Waals surface area contributed by atoms with Gasteiger partial charge in [-0.3, -0.25) is 4.79 Å². The fraction of sp³-hybridized carbons (Fsp3) is 0.500. The average molecular weight is 179 g/mol. The van der Waals surface area contributed by atoms with Gasteiger partial charge in [0.1, 0.15) is 0 Å². The van der Waals surface area contributed by atoms with Crippen molar-refractivity contribution in [1.82, 2.24) is 0 Å². The summed E-state index contributed by atoms with van der Waals surface area (Å²) in [5.74, 6) is 0.627. The average Bonchev–Trinajstić information content (AvgIpc) is 2.82. The van der Waals surface area contributed by atoms with E-state index in [4.69, 9.17) is 10.2 Å². The lowest BCUT2D eigenvalue weighted by Gasteiger charge is -2.20. The molecule has 2 N–H and O–H groups in total. The van der Waals surface area contributed by atoms with Gasteiger partial charge in [-0.1, -0.05) is 0 Å². The Kier molecular flexibility index (Phi) is 1.77. The lowest BCUT2D eigenvalue weighted by atomic mass is 9.90. The molecule has 0 aliphatic heterocycles. The Balaban J connectivity index is 2.21. The maximum Gasteiger partial charge on any atom is 0.217 e. The maximum absolute atomic E-state index is 11.8. The predicted octanol–water partition coefficient (Wildman–Crippen LogP) is 1.59. The molecule has 1 unspecified atom stereocenters. The molecule has 1 aliphatic rings. The van der Waals surface area contributed by atoms with Crippen LogP contribution in [0.5, 0.6) is 0 Å². The standard InChI is InChI=1S/C10H13NO2/c1-10(11,7-4-5-7)9(12)8-3-2-6-13-8/h2-3,6-7H,4-5,11H2,1H3. The van der Waals surface area contributed by atoms with Crippen LogP contribution in [0.3, 0.4) is 0 Å². The van der Waals surface area contributed by atoms with Crippen molar-refractivity contribution in [2.45, 2.75) is 25.3 Å². The smallest absolute Gasteiger partial charge is 0.217 e. The van der Waals surface area contributed by atoms with E-state index in [1.54, 1.807) is 19.1 Å². The Bertz CT molecular complexity index is 310. The molecule has 0 aromatic carbocycles. The Morgan fingerprint density at radius 3 is 2.85 bits per heavy atom. The molecule has 1 aromatic rings. The topological polar surface area (TPSA) is 56.2 Å². The van der Waals surface area contributed by atoms with E-state index in [1.165, 1.54) is 6.26 Å². The highest BCUT2D eigenvalue weighted by Crippen LogP contribution is 2.39. The zero-order valence-electron chi connectivity index (χ0n) is 7.62. The van der Waals surface area contributed by atoms with Crippen molar-refractivity contribution >= 4 is 5.78 Å². The quantitative estimate of drug-likeness (QED) is 0.717. The molecule has 1 atom stereocenters. The van der Waals surface area contributed by atoms with Crippen molar-refractivity contribution in [2.75, 3.05) is 0 Å². The van der Waals surface area contributed by atoms with Crippen LogP contribution in [0, 0.1) is 5.92 Å². The van der Waals surface area contributed by atoms with Crippen LogP contribution in [-0.4, -0.2) is 11.3 Å². The van der Waals surface area contributed by atoms with Gasteiger partial charge in [0.15, 0.2) is 5.76 Å². The van der Waals surface area contributed by atoms with E-state index in [2.05, 4.69) is 0 Å². The first-order chi connectivity index (χ1) is 6.12. The highest BCUT2D eigenvalue weighted by Gasteiger charge is 2.45. The Labute approximate surface area is 76.9 Å². The third-order valence-electron chi connectivity index (χ3n) is 2.66. The van der Waals surface area contributed by atoms with Crippen molar-refractivity contribution < 1.29 is 9.21 Å². The molecular weight excluding hydrogens is 166 g/mol. The Morgan fingerprint density at radius 1 is 1.69 bits per heavy atom. The number of ketones is 1. The molecule has 2 rings (SSSR count). The van der Waals surface area contributed by atoms with Gasteiger partial charge in [0.25, 0.3) is 0 Å². The van der Waals surface area contributed by atoms with Gasteiger partial charge in [-0.2, -0.15) is 0 Å². The van der Waals surface area contributed by atoms with Gasteiger partial charge in [-0.25, -0.2) is 0 Å². The minimum Gasteiger partial charge on any atom is -0.461 e. The summed E-state index contributed by atoms with van der Waals surface area (Å²) in [4.78, 5) is 11.8. The van der Waals surface area contributed by atoms with Crippen molar-refractivity contribution in [2.24, 2.45) is 11.7 Å². The van der Waals surface area contributed by atoms with E-state index in [0.29, 0.717) is 11.7 Å². The minimum atomic E-state index is -0.738. The number of carbonyl (C=O) groups is 1. The zero-order chi connectivity index (χ0) is 9.47. The monoisotopic (exact) mass is 179 g/mol. The molecule has 3 nitrogen and oxygen atoms in total. The Hall–Kier alpha value is -1.09. The molecule has 1 fully saturated rings. The van der Waals surface area contributed by atoms with Crippen LogP contribution in [-0.2, 0) is 0 Å². The first-order valence-corrected chi connectivity index (χ1v) is 4.49. The van der Waals surface area contributed by atoms with Crippen LogP contribution in [0.15, 0.2) is 22.8 Å². The largest absolute Gasteiger partial charge is 0.461 e. The highest BCUT2D eigenvalue weighted by molar-refractivity contribution is 6.01. The van der Waals surface area contributed by atoms with Gasteiger partial charge in [-0.05, 0) is 37.8 Å². The van der Waals surface area contributed by atoms with E-state index in [1.807, 2.05) is 0 Å². The van der Waals surface area contributed by atoms with Crippen LogP contribution < -0.4 is 5.73 Å². The van der Waals surface area contributed by atoms with Crippen molar-refractivity contribution in [1.29, 1.82) is 0 Å². The summed E-state index contributed by atoms with van der Waals surface area (Å²) >= 11 is 0. The van der Waals surface area contributed by atoms with E-state index < -0.39 is 5.54 Å². The summed E-state index contributed by atoms with van der Waals surface area (Å²) in [7, 11) is 0. The number of hydrogen-bond donors (Lipinski definition) is 1. The van der Waals surface area contributed by atoms with Crippen LogP contribution in [0.25, 0.3) is 0 Å². The molecule has 1 aromatic heterocycles. The third-order valence-corrected chi connectivity index (χ3v) is 2.66. The van der Waals surface area contributed by atoms with E-state index in [-0.39, 0.29) is 5.78 Å². The summed E-state index contributed by atoms with van der Waals surface area (Å²) < 4.78 is 5.03. The van der Waals surface area contributed by atoms with E-state index >= 15 is 0 Å². The van der Waals surface area contributed by atoms with E-state index in [9.17, 15) is 4.79 Å². The van der Waals surface area contributed by atoms with Gasteiger partial charge in [0.2, 0.25) is 5.78 Å². The van der Waals surface area contributed by atoms with Crippen molar-refractivity contribution in [3.63, 3.8) is 0 Å². The van der Waals surface area contributed by atoms with E-state index in [0.717, 1.165) is 12.8 Å². The number of Topliss-reactive ketones (excluding diaryl/α,β-unsaturated/α-hetero) is 1. The molecule has 0 saturated heterocycles. The molecule has 1 aliphatic carbocycles. The predicted molar refractivity (Wildman–Crippen MR) is 48.4 cm³/mol. The van der Waals surface area contributed by atoms with Crippen LogP contribution in [0.1, 0.15) is 30.3 Å². The molecule has 70 valence electrons. The Morgan fingerprint density at radius 2 is 2.38 bits per heavy atom. The van der Waals surface area contributed by atoms with Crippen molar-refractivity contribution in [3.8, 4) is 0 Å². The van der Waals surface area contributed by atoms with Gasteiger partial charge >= 0.3 is 0 Å². The minimum absolute atomic E-state index is 0.0833. The molecule has 13 heavy (non-hydrogen) atoms. The SMILES string of the molecule is CC(N)(C(=O)c1ccco1)C1CC1.